The maximum absolute atomic E-state index is 10.9. The molecule has 0 atom stereocenters. The van der Waals surface area contributed by atoms with E-state index in [0.29, 0.717) is 5.02 Å². The van der Waals surface area contributed by atoms with Crippen LogP contribution in [0.4, 0.5) is 11.4 Å². The molecule has 0 fully saturated rings. The minimum atomic E-state index is -0.927. The standard InChI is InChI=1S/C15H14ClNO2/c1-9-4-3-5-12(16)14(9)17-13-7-6-11(15(18)19)8-10(13)2/h3-8,17H,1-2H3,(H,18,19). The van der Waals surface area contributed by atoms with E-state index >= 15 is 0 Å². The number of carbonyl (C=O) groups is 1. The molecular formula is C15H14ClNO2. The number of hydrogen-bond donors (Lipinski definition) is 2. The number of aromatic carboxylic acids is 1. The molecule has 0 aliphatic rings. The molecular weight excluding hydrogens is 262 g/mol. The van der Waals surface area contributed by atoms with Crippen LogP contribution in [0.5, 0.6) is 0 Å². The Hall–Kier alpha value is -2.00. The zero-order chi connectivity index (χ0) is 14.0. The average molecular weight is 276 g/mol. The van der Waals surface area contributed by atoms with Crippen LogP contribution in [0.1, 0.15) is 21.5 Å². The number of hydrogen-bond acceptors (Lipinski definition) is 2. The lowest BCUT2D eigenvalue weighted by atomic mass is 10.1. The summed E-state index contributed by atoms with van der Waals surface area (Å²) in [6.45, 7) is 3.83. The van der Waals surface area contributed by atoms with Gasteiger partial charge in [-0.05, 0) is 49.2 Å². The highest BCUT2D eigenvalue weighted by Gasteiger charge is 2.08. The second-order valence-electron chi connectivity index (χ2n) is 4.39. The van der Waals surface area contributed by atoms with Gasteiger partial charge in [-0.1, -0.05) is 23.7 Å². The summed E-state index contributed by atoms with van der Waals surface area (Å²) in [5.74, 6) is -0.927. The first-order chi connectivity index (χ1) is 8.99. The van der Waals surface area contributed by atoms with Gasteiger partial charge in [0.1, 0.15) is 0 Å². The van der Waals surface area contributed by atoms with Crippen molar-refractivity contribution in [2.45, 2.75) is 13.8 Å². The molecule has 0 bridgehead atoms. The number of benzene rings is 2. The van der Waals surface area contributed by atoms with Crippen molar-refractivity contribution >= 4 is 28.9 Å². The molecule has 2 N–H and O–H groups in total. The lowest BCUT2D eigenvalue weighted by Crippen LogP contribution is -2.00. The first-order valence-electron chi connectivity index (χ1n) is 5.85. The molecule has 19 heavy (non-hydrogen) atoms. The third-order valence-electron chi connectivity index (χ3n) is 2.95. The number of carboxylic acid groups (broad SMARTS) is 1. The normalized spacial score (nSPS) is 10.3. The Kier molecular flexibility index (Phi) is 3.76. The molecule has 0 radical (unpaired) electrons. The van der Waals surface area contributed by atoms with Crippen molar-refractivity contribution in [3.63, 3.8) is 0 Å². The fourth-order valence-electron chi connectivity index (χ4n) is 1.86. The number of rotatable bonds is 3. The molecule has 4 heteroatoms. The monoisotopic (exact) mass is 275 g/mol. The highest BCUT2D eigenvalue weighted by Crippen LogP contribution is 2.30. The van der Waals surface area contributed by atoms with E-state index in [1.54, 1.807) is 18.2 Å². The van der Waals surface area contributed by atoms with Gasteiger partial charge < -0.3 is 10.4 Å². The molecule has 0 heterocycles. The van der Waals surface area contributed by atoms with Crippen molar-refractivity contribution in [1.29, 1.82) is 0 Å². The molecule has 0 aliphatic heterocycles. The molecule has 98 valence electrons. The molecule has 0 saturated carbocycles. The molecule has 2 aromatic carbocycles. The smallest absolute Gasteiger partial charge is 0.335 e. The molecule has 0 aromatic heterocycles. The molecule has 2 rings (SSSR count). The fourth-order valence-corrected chi connectivity index (χ4v) is 2.13. The Labute approximate surface area is 116 Å². The van der Waals surface area contributed by atoms with E-state index in [-0.39, 0.29) is 5.56 Å². The van der Waals surface area contributed by atoms with Crippen molar-refractivity contribution in [2.75, 3.05) is 5.32 Å². The molecule has 0 aliphatic carbocycles. The third kappa shape index (κ3) is 2.88. The van der Waals surface area contributed by atoms with Gasteiger partial charge >= 0.3 is 5.97 Å². The lowest BCUT2D eigenvalue weighted by Gasteiger charge is -2.14. The Balaban J connectivity index is 2.36. The van der Waals surface area contributed by atoms with E-state index in [9.17, 15) is 4.79 Å². The van der Waals surface area contributed by atoms with Gasteiger partial charge in [-0.3, -0.25) is 0 Å². The molecule has 0 unspecified atom stereocenters. The molecule has 0 spiro atoms. The Morgan fingerprint density at radius 1 is 1.16 bits per heavy atom. The number of anilines is 2. The van der Waals surface area contributed by atoms with Crippen LogP contribution < -0.4 is 5.32 Å². The van der Waals surface area contributed by atoms with Gasteiger partial charge in [0.2, 0.25) is 0 Å². The van der Waals surface area contributed by atoms with Gasteiger partial charge in [-0.25, -0.2) is 4.79 Å². The van der Waals surface area contributed by atoms with Crippen molar-refractivity contribution in [1.82, 2.24) is 0 Å². The van der Waals surface area contributed by atoms with Crippen LogP contribution in [-0.2, 0) is 0 Å². The van der Waals surface area contributed by atoms with Gasteiger partial charge in [0.05, 0.1) is 16.3 Å². The quantitative estimate of drug-likeness (QED) is 0.873. The van der Waals surface area contributed by atoms with Gasteiger partial charge in [-0.2, -0.15) is 0 Å². The van der Waals surface area contributed by atoms with Crippen LogP contribution in [0.2, 0.25) is 5.02 Å². The molecule has 2 aromatic rings. The summed E-state index contributed by atoms with van der Waals surface area (Å²) in [5.41, 5.74) is 3.86. The summed E-state index contributed by atoms with van der Waals surface area (Å²) in [6, 6.07) is 10.6. The van der Waals surface area contributed by atoms with Crippen molar-refractivity contribution in [3.8, 4) is 0 Å². The predicted molar refractivity (Wildman–Crippen MR) is 77.6 cm³/mol. The van der Waals surface area contributed by atoms with Crippen molar-refractivity contribution in [3.05, 3.63) is 58.1 Å². The number of carboxylic acids is 1. The topological polar surface area (TPSA) is 49.3 Å². The Morgan fingerprint density at radius 3 is 2.47 bits per heavy atom. The largest absolute Gasteiger partial charge is 0.478 e. The summed E-state index contributed by atoms with van der Waals surface area (Å²) < 4.78 is 0. The Morgan fingerprint density at radius 2 is 1.89 bits per heavy atom. The van der Waals surface area contributed by atoms with Gasteiger partial charge in [0.15, 0.2) is 0 Å². The first kappa shape index (κ1) is 13.4. The minimum Gasteiger partial charge on any atom is -0.478 e. The predicted octanol–water partition coefficient (Wildman–Crippen LogP) is 4.40. The minimum absolute atomic E-state index is 0.277. The second kappa shape index (κ2) is 5.33. The highest BCUT2D eigenvalue weighted by atomic mass is 35.5. The zero-order valence-electron chi connectivity index (χ0n) is 10.7. The molecule has 0 amide bonds. The van der Waals surface area contributed by atoms with Crippen LogP contribution in [0, 0.1) is 13.8 Å². The summed E-state index contributed by atoms with van der Waals surface area (Å²) in [5, 5.41) is 12.8. The number of nitrogens with one attached hydrogen (secondary N) is 1. The Bertz CT molecular complexity index is 618. The number of aryl methyl sites for hydroxylation is 2. The van der Waals surface area contributed by atoms with E-state index in [1.807, 2.05) is 32.0 Å². The molecule has 3 nitrogen and oxygen atoms in total. The van der Waals surface area contributed by atoms with E-state index in [1.165, 1.54) is 0 Å². The van der Waals surface area contributed by atoms with Crippen molar-refractivity contribution in [2.24, 2.45) is 0 Å². The lowest BCUT2D eigenvalue weighted by molar-refractivity contribution is 0.0697. The van der Waals surface area contributed by atoms with Crippen LogP contribution >= 0.6 is 11.6 Å². The fraction of sp³-hybridized carbons (Fsp3) is 0.133. The maximum Gasteiger partial charge on any atom is 0.335 e. The van der Waals surface area contributed by atoms with E-state index in [0.717, 1.165) is 22.5 Å². The van der Waals surface area contributed by atoms with E-state index < -0.39 is 5.97 Å². The van der Waals surface area contributed by atoms with Crippen LogP contribution in [0.25, 0.3) is 0 Å². The summed E-state index contributed by atoms with van der Waals surface area (Å²) in [6.07, 6.45) is 0. The van der Waals surface area contributed by atoms with Gasteiger partial charge in [-0.15, -0.1) is 0 Å². The first-order valence-corrected chi connectivity index (χ1v) is 6.23. The molecule has 0 saturated heterocycles. The summed E-state index contributed by atoms with van der Waals surface area (Å²) in [7, 11) is 0. The van der Waals surface area contributed by atoms with Crippen molar-refractivity contribution < 1.29 is 9.90 Å². The second-order valence-corrected chi connectivity index (χ2v) is 4.80. The maximum atomic E-state index is 10.9. The average Bonchev–Trinajstić information content (AvgIpc) is 2.35. The van der Waals surface area contributed by atoms with Crippen LogP contribution in [0.3, 0.4) is 0 Å². The summed E-state index contributed by atoms with van der Waals surface area (Å²) in [4.78, 5) is 10.9. The van der Waals surface area contributed by atoms with Gasteiger partial charge in [0, 0.05) is 5.69 Å². The SMILES string of the molecule is Cc1cc(C(=O)O)ccc1Nc1c(C)cccc1Cl. The highest BCUT2D eigenvalue weighted by molar-refractivity contribution is 6.33. The van der Waals surface area contributed by atoms with E-state index in [2.05, 4.69) is 5.32 Å². The number of para-hydroxylation sites is 1. The summed E-state index contributed by atoms with van der Waals surface area (Å²) >= 11 is 6.16. The van der Waals surface area contributed by atoms with Crippen LogP contribution in [0.15, 0.2) is 36.4 Å². The number of halogens is 1. The third-order valence-corrected chi connectivity index (χ3v) is 3.27. The van der Waals surface area contributed by atoms with E-state index in [4.69, 9.17) is 16.7 Å². The van der Waals surface area contributed by atoms with Crippen LogP contribution in [-0.4, -0.2) is 11.1 Å². The zero-order valence-corrected chi connectivity index (χ0v) is 11.5. The van der Waals surface area contributed by atoms with Gasteiger partial charge in [0.25, 0.3) is 0 Å².